The fraction of sp³-hybridized carbons (Fsp3) is 0.333. The van der Waals surface area contributed by atoms with E-state index in [0.717, 1.165) is 22.2 Å². The largest absolute Gasteiger partial charge is 0.398 e. The van der Waals surface area contributed by atoms with Crippen LogP contribution in [0.4, 0.5) is 5.69 Å². The molecule has 0 atom stereocenters. The number of nitrogens with one attached hydrogen (secondary N) is 1. The average molecular weight is 192 g/mol. The van der Waals surface area contributed by atoms with Crippen LogP contribution in [0.1, 0.15) is 11.1 Å². The molecule has 0 radical (unpaired) electrons. The number of benzene rings is 1. The van der Waals surface area contributed by atoms with E-state index in [-0.39, 0.29) is 6.61 Å². The molecule has 0 aliphatic carbocycles. The van der Waals surface area contributed by atoms with E-state index in [1.807, 2.05) is 13.0 Å². The van der Waals surface area contributed by atoms with Crippen LogP contribution in [0.3, 0.4) is 0 Å². The van der Waals surface area contributed by atoms with Crippen LogP contribution in [0.2, 0.25) is 0 Å². The molecule has 0 amide bonds. The molecule has 1 aromatic heterocycles. The molecule has 1 aromatic carbocycles. The van der Waals surface area contributed by atoms with Crippen LogP contribution in [-0.2, 0) is 6.42 Å². The first-order valence-corrected chi connectivity index (χ1v) is 4.43. The molecule has 4 N–H and O–H groups in total. The van der Waals surface area contributed by atoms with Gasteiger partial charge in [-0.1, -0.05) is 0 Å². The van der Waals surface area contributed by atoms with E-state index in [1.54, 1.807) is 0 Å². The third-order valence-electron chi connectivity index (χ3n) is 2.37. The van der Waals surface area contributed by atoms with Crippen molar-refractivity contribution in [2.75, 3.05) is 12.3 Å². The summed E-state index contributed by atoms with van der Waals surface area (Å²) in [6.45, 7) is 1.99. The molecular weight excluding hydrogens is 180 g/mol. The maximum absolute atomic E-state index is 8.86. The molecule has 74 valence electrons. The second-order valence-electron chi connectivity index (χ2n) is 3.24. The van der Waals surface area contributed by atoms with Crippen LogP contribution in [0.25, 0.3) is 11.0 Å². The Balaban J connectivity index is 2.67. The maximum Gasteiger partial charge on any atom is 0.117 e. The highest BCUT2D eigenvalue weighted by Gasteiger charge is 2.09. The molecule has 0 unspecified atom stereocenters. The lowest BCUT2D eigenvalue weighted by Crippen LogP contribution is -2.00. The van der Waals surface area contributed by atoms with E-state index >= 15 is 0 Å². The molecule has 5 nitrogen and oxygen atoms in total. The first kappa shape index (κ1) is 8.96. The summed E-state index contributed by atoms with van der Waals surface area (Å²) in [7, 11) is 0. The van der Waals surface area contributed by atoms with Crippen molar-refractivity contribution in [3.8, 4) is 0 Å². The lowest BCUT2D eigenvalue weighted by molar-refractivity contribution is 0.300. The number of aryl methyl sites for hydroxylation is 1. The first-order chi connectivity index (χ1) is 6.74. The van der Waals surface area contributed by atoms with Crippen LogP contribution in [-0.4, -0.2) is 27.1 Å². The fourth-order valence-electron chi connectivity index (χ4n) is 1.55. The molecule has 14 heavy (non-hydrogen) atoms. The smallest absolute Gasteiger partial charge is 0.117 e. The second kappa shape index (κ2) is 3.26. The Morgan fingerprint density at radius 3 is 3.00 bits per heavy atom. The Hall–Kier alpha value is -1.62. The summed E-state index contributed by atoms with van der Waals surface area (Å²) in [5.41, 5.74) is 10.0. The molecule has 0 saturated heterocycles. The van der Waals surface area contributed by atoms with Crippen LogP contribution in [0, 0.1) is 6.92 Å². The predicted octanol–water partition coefficient (Wildman–Crippen LogP) is 0.383. The van der Waals surface area contributed by atoms with Crippen molar-refractivity contribution in [2.45, 2.75) is 13.3 Å². The molecular formula is C9H12N4O. The molecule has 0 fully saturated rings. The van der Waals surface area contributed by atoms with Crippen molar-refractivity contribution in [1.82, 2.24) is 15.4 Å². The SMILES string of the molecule is Cc1c(N)c(CCO)cc2n[nH]nc12. The highest BCUT2D eigenvalue weighted by molar-refractivity contribution is 5.84. The molecule has 0 aliphatic rings. The molecule has 1 heterocycles. The topological polar surface area (TPSA) is 87.8 Å². The van der Waals surface area contributed by atoms with Gasteiger partial charge in [0.15, 0.2) is 0 Å². The number of H-pyrrole nitrogens is 1. The maximum atomic E-state index is 8.86. The Labute approximate surface area is 80.9 Å². The van der Waals surface area contributed by atoms with Gasteiger partial charge in [-0.3, -0.25) is 0 Å². The number of anilines is 1. The number of aliphatic hydroxyl groups is 1. The van der Waals surface area contributed by atoms with Gasteiger partial charge in [-0.2, -0.15) is 15.4 Å². The van der Waals surface area contributed by atoms with Crippen molar-refractivity contribution >= 4 is 16.7 Å². The number of rotatable bonds is 2. The number of aliphatic hydroxyl groups excluding tert-OH is 1. The second-order valence-corrected chi connectivity index (χ2v) is 3.24. The van der Waals surface area contributed by atoms with Crippen molar-refractivity contribution < 1.29 is 5.11 Å². The predicted molar refractivity (Wildman–Crippen MR) is 53.8 cm³/mol. The average Bonchev–Trinajstić information content (AvgIpc) is 2.62. The normalized spacial score (nSPS) is 11.0. The van der Waals surface area contributed by atoms with Crippen LogP contribution < -0.4 is 5.73 Å². The van der Waals surface area contributed by atoms with Crippen molar-refractivity contribution in [3.63, 3.8) is 0 Å². The minimum absolute atomic E-state index is 0.0903. The molecule has 0 aliphatic heterocycles. The summed E-state index contributed by atoms with van der Waals surface area (Å²) in [4.78, 5) is 0. The molecule has 0 bridgehead atoms. The highest BCUT2D eigenvalue weighted by Crippen LogP contribution is 2.24. The minimum Gasteiger partial charge on any atom is -0.398 e. The molecule has 2 rings (SSSR count). The van der Waals surface area contributed by atoms with E-state index in [2.05, 4.69) is 15.4 Å². The first-order valence-electron chi connectivity index (χ1n) is 4.43. The number of hydrogen-bond acceptors (Lipinski definition) is 4. The summed E-state index contributed by atoms with van der Waals surface area (Å²) >= 11 is 0. The quantitative estimate of drug-likeness (QED) is 0.600. The highest BCUT2D eigenvalue weighted by atomic mass is 16.2. The number of nitrogens with two attached hydrogens (primary N) is 1. The standard InChI is InChI=1S/C9H12N4O/c1-5-8(10)6(2-3-14)4-7-9(5)12-13-11-7/h4,14H,2-3,10H2,1H3,(H,11,12,13). The Bertz CT molecular complexity index is 463. The van der Waals surface area contributed by atoms with Crippen molar-refractivity contribution in [1.29, 1.82) is 0 Å². The number of aromatic amines is 1. The minimum atomic E-state index is 0.0903. The number of fused-ring (bicyclic) bond motifs is 1. The number of aromatic nitrogens is 3. The third-order valence-corrected chi connectivity index (χ3v) is 2.37. The van der Waals surface area contributed by atoms with E-state index < -0.39 is 0 Å². The van der Waals surface area contributed by atoms with Gasteiger partial charge in [0, 0.05) is 17.9 Å². The lowest BCUT2D eigenvalue weighted by Gasteiger charge is -2.06. The molecule has 5 heteroatoms. The monoisotopic (exact) mass is 192 g/mol. The van der Waals surface area contributed by atoms with E-state index in [0.29, 0.717) is 12.1 Å². The summed E-state index contributed by atoms with van der Waals surface area (Å²) in [5.74, 6) is 0. The van der Waals surface area contributed by atoms with Gasteiger partial charge in [0.2, 0.25) is 0 Å². The Kier molecular flexibility index (Phi) is 2.09. The summed E-state index contributed by atoms with van der Waals surface area (Å²) in [6, 6.07) is 1.86. The Morgan fingerprint density at radius 2 is 2.29 bits per heavy atom. The van der Waals surface area contributed by atoms with Gasteiger partial charge in [-0.05, 0) is 25.0 Å². The molecule has 0 spiro atoms. The lowest BCUT2D eigenvalue weighted by atomic mass is 10.0. The molecule has 0 saturated carbocycles. The van der Waals surface area contributed by atoms with Gasteiger partial charge in [0.1, 0.15) is 11.0 Å². The third kappa shape index (κ3) is 1.22. The van der Waals surface area contributed by atoms with Crippen LogP contribution in [0.5, 0.6) is 0 Å². The van der Waals surface area contributed by atoms with Gasteiger partial charge in [-0.25, -0.2) is 0 Å². The van der Waals surface area contributed by atoms with E-state index in [9.17, 15) is 0 Å². The summed E-state index contributed by atoms with van der Waals surface area (Å²) in [5, 5.41) is 19.4. The van der Waals surface area contributed by atoms with Crippen molar-refractivity contribution in [3.05, 3.63) is 17.2 Å². The zero-order valence-electron chi connectivity index (χ0n) is 7.91. The van der Waals surface area contributed by atoms with Gasteiger partial charge >= 0.3 is 0 Å². The zero-order valence-corrected chi connectivity index (χ0v) is 7.91. The van der Waals surface area contributed by atoms with Gasteiger partial charge in [0.25, 0.3) is 0 Å². The van der Waals surface area contributed by atoms with Gasteiger partial charge in [-0.15, -0.1) is 0 Å². The molecule has 2 aromatic rings. The Morgan fingerprint density at radius 1 is 1.50 bits per heavy atom. The summed E-state index contributed by atoms with van der Waals surface area (Å²) in [6.07, 6.45) is 0.551. The fourth-order valence-corrected chi connectivity index (χ4v) is 1.55. The van der Waals surface area contributed by atoms with Gasteiger partial charge < -0.3 is 10.8 Å². The van der Waals surface area contributed by atoms with Crippen molar-refractivity contribution in [2.24, 2.45) is 0 Å². The van der Waals surface area contributed by atoms with Gasteiger partial charge in [0.05, 0.1) is 0 Å². The number of nitrogens with zero attached hydrogens (tertiary/aromatic N) is 2. The van der Waals surface area contributed by atoms with E-state index in [4.69, 9.17) is 10.8 Å². The number of nitrogen functional groups attached to an aromatic ring is 1. The van der Waals surface area contributed by atoms with E-state index in [1.165, 1.54) is 0 Å². The zero-order chi connectivity index (χ0) is 10.1. The summed E-state index contributed by atoms with van der Waals surface area (Å²) < 4.78 is 0. The van der Waals surface area contributed by atoms with Crippen LogP contribution >= 0.6 is 0 Å². The number of hydrogen-bond donors (Lipinski definition) is 3. The van der Waals surface area contributed by atoms with Crippen LogP contribution in [0.15, 0.2) is 6.07 Å².